The molecule has 0 aromatic rings. The molecule has 0 bridgehead atoms. The second-order valence-corrected chi connectivity index (χ2v) is 5.91. The van der Waals surface area contributed by atoms with Gasteiger partial charge in [-0.15, -0.1) is 0 Å². The first kappa shape index (κ1) is 10.3. The van der Waals surface area contributed by atoms with Gasteiger partial charge in [0.15, 0.2) is 0 Å². The largest absolute Gasteiger partial charge is 0.474 e. The highest BCUT2D eigenvalue weighted by Gasteiger charge is 2.15. The minimum atomic E-state index is -1.83. The van der Waals surface area contributed by atoms with Crippen LogP contribution in [0.25, 0.3) is 0 Å². The van der Waals surface area contributed by atoms with Gasteiger partial charge in [-0.3, -0.25) is 0 Å². The van der Waals surface area contributed by atoms with E-state index in [1.54, 1.807) is 21.3 Å². The lowest BCUT2D eigenvalue weighted by molar-refractivity contribution is 0.183. The summed E-state index contributed by atoms with van der Waals surface area (Å²) < 4.78 is 20.1. The Labute approximate surface area is 64.9 Å². The first-order valence-corrected chi connectivity index (χ1v) is 6.49. The number of rotatable bonds is 5. The average molecular weight is 182 g/mol. The monoisotopic (exact) mass is 182 g/mol. The van der Waals surface area contributed by atoms with E-state index in [2.05, 4.69) is 0 Å². The molecular weight excluding hydrogens is 168 g/mol. The van der Waals surface area contributed by atoms with Crippen LogP contribution < -0.4 is 0 Å². The Morgan fingerprint density at radius 2 is 1.40 bits per heavy atom. The van der Waals surface area contributed by atoms with Crippen LogP contribution >= 0.6 is 0 Å². The normalized spacial score (nSPS) is 14.1. The number of hydrogen-bond acceptors (Lipinski definition) is 4. The Morgan fingerprint density at radius 3 is 1.70 bits per heavy atom. The Kier molecular flexibility index (Phi) is 6.18. The highest BCUT2D eigenvalue weighted by Crippen LogP contribution is 1.92. The van der Waals surface area contributed by atoms with Gasteiger partial charge < -0.3 is 17.4 Å². The van der Waals surface area contributed by atoms with Crippen molar-refractivity contribution < 1.29 is 17.4 Å². The van der Waals surface area contributed by atoms with E-state index in [-0.39, 0.29) is 0 Å². The van der Waals surface area contributed by atoms with Crippen LogP contribution in [-0.4, -0.2) is 40.1 Å². The maximum atomic E-state index is 5.31. The molecule has 0 aliphatic rings. The third-order valence-electron chi connectivity index (χ3n) is 1.02. The van der Waals surface area contributed by atoms with Gasteiger partial charge in [0.05, 0.1) is 0 Å². The van der Waals surface area contributed by atoms with E-state index in [4.69, 9.17) is 17.4 Å². The van der Waals surface area contributed by atoms with Gasteiger partial charge >= 0.3 is 18.8 Å². The van der Waals surface area contributed by atoms with E-state index in [0.717, 1.165) is 0 Å². The van der Waals surface area contributed by atoms with Gasteiger partial charge in [0.25, 0.3) is 0 Å². The lowest BCUT2D eigenvalue weighted by Crippen LogP contribution is -2.32. The fourth-order valence-corrected chi connectivity index (χ4v) is 3.20. The van der Waals surface area contributed by atoms with Gasteiger partial charge in [0, 0.05) is 21.3 Å². The van der Waals surface area contributed by atoms with Crippen molar-refractivity contribution in [3.63, 3.8) is 0 Å². The zero-order valence-electron chi connectivity index (χ0n) is 6.79. The highest BCUT2D eigenvalue weighted by atomic mass is 28.4. The van der Waals surface area contributed by atoms with Crippen molar-refractivity contribution in [3.8, 4) is 0 Å². The summed E-state index contributed by atoms with van der Waals surface area (Å²) in [6.45, 7) is 1.93. The van der Waals surface area contributed by atoms with Crippen molar-refractivity contribution >= 4 is 18.8 Å². The molecule has 0 aromatic carbocycles. The highest BCUT2D eigenvalue weighted by molar-refractivity contribution is 6.54. The Bertz CT molecular complexity index is 77.7. The summed E-state index contributed by atoms with van der Waals surface area (Å²) in [5, 5.41) is 0. The second-order valence-electron chi connectivity index (χ2n) is 1.70. The zero-order valence-corrected chi connectivity index (χ0v) is 9.10. The van der Waals surface area contributed by atoms with Gasteiger partial charge in [-0.05, 0) is 6.55 Å². The maximum absolute atomic E-state index is 5.31. The minimum absolute atomic E-state index is 1.46. The van der Waals surface area contributed by atoms with Crippen LogP contribution in [0, 0.1) is 0 Å². The molecule has 0 heterocycles. The van der Waals surface area contributed by atoms with Crippen LogP contribution in [0.4, 0.5) is 0 Å². The summed E-state index contributed by atoms with van der Waals surface area (Å²) in [7, 11) is 1.50. The van der Waals surface area contributed by atoms with Gasteiger partial charge in [-0.25, -0.2) is 0 Å². The predicted molar refractivity (Wildman–Crippen MR) is 42.3 cm³/mol. The molecule has 0 fully saturated rings. The van der Waals surface area contributed by atoms with Crippen LogP contribution in [0.1, 0.15) is 0 Å². The fourth-order valence-electron chi connectivity index (χ4n) is 0.419. The molecule has 1 atom stereocenters. The fraction of sp³-hybridized carbons (Fsp3) is 1.00. The smallest absolute Gasteiger partial charge is 0.400 e. The molecule has 1 unspecified atom stereocenters. The molecule has 6 heteroatoms. The van der Waals surface area contributed by atoms with Gasteiger partial charge in [0.1, 0.15) is 0 Å². The van der Waals surface area contributed by atoms with E-state index in [9.17, 15) is 0 Å². The van der Waals surface area contributed by atoms with Crippen molar-refractivity contribution in [1.82, 2.24) is 0 Å². The minimum Gasteiger partial charge on any atom is -0.400 e. The van der Waals surface area contributed by atoms with E-state index >= 15 is 0 Å². The molecule has 10 heavy (non-hydrogen) atoms. The molecule has 0 amide bonds. The zero-order chi connectivity index (χ0) is 7.98. The molecule has 0 saturated heterocycles. The van der Waals surface area contributed by atoms with Crippen molar-refractivity contribution in [1.29, 1.82) is 0 Å². The first-order chi connectivity index (χ1) is 4.74. The summed E-state index contributed by atoms with van der Waals surface area (Å²) in [5.41, 5.74) is 0. The Morgan fingerprint density at radius 1 is 0.900 bits per heavy atom. The molecule has 4 nitrogen and oxygen atoms in total. The third-order valence-corrected chi connectivity index (χ3v) is 4.88. The van der Waals surface area contributed by atoms with E-state index < -0.39 is 18.8 Å². The molecule has 0 aromatic heterocycles. The number of hydrogen-bond donors (Lipinski definition) is 0. The molecule has 0 N–H and O–H groups in total. The maximum Gasteiger partial charge on any atom is 0.474 e. The van der Waals surface area contributed by atoms with Crippen LogP contribution in [0.2, 0.25) is 6.55 Å². The van der Waals surface area contributed by atoms with Gasteiger partial charge in [0.2, 0.25) is 0 Å². The molecule has 0 spiro atoms. The van der Waals surface area contributed by atoms with Crippen molar-refractivity contribution in [2.45, 2.75) is 6.55 Å². The molecule has 0 aliphatic heterocycles. The van der Waals surface area contributed by atoms with Crippen LogP contribution in [0.5, 0.6) is 0 Å². The molecule has 0 rings (SSSR count). The SMILES string of the molecule is CO[SiH](C)O[SiH](OC)OC. The quantitative estimate of drug-likeness (QED) is 0.538. The second kappa shape index (κ2) is 6.01. The van der Waals surface area contributed by atoms with Crippen molar-refractivity contribution in [2.75, 3.05) is 21.3 Å². The molecule has 0 aliphatic carbocycles. The predicted octanol–water partition coefficient (Wildman–Crippen LogP) is -0.490. The molecular formula is C4H14O4Si2. The van der Waals surface area contributed by atoms with Gasteiger partial charge in [-0.1, -0.05) is 0 Å². The van der Waals surface area contributed by atoms with E-state index in [1.807, 2.05) is 6.55 Å². The summed E-state index contributed by atoms with van der Waals surface area (Å²) in [4.78, 5) is 0. The standard InChI is InChI=1S/C4H14O4Si2/c1-5-9(4)8-10(6-2)7-3/h9-10H,1-4H3. The summed E-state index contributed by atoms with van der Waals surface area (Å²) in [6, 6.07) is 0. The van der Waals surface area contributed by atoms with Crippen LogP contribution in [-0.2, 0) is 17.4 Å². The summed E-state index contributed by atoms with van der Waals surface area (Å²) in [5.74, 6) is 0. The Balaban J connectivity index is 3.41. The average Bonchev–Trinajstić information content (AvgIpc) is 1.99. The van der Waals surface area contributed by atoms with Crippen LogP contribution in [0.15, 0.2) is 0 Å². The lowest BCUT2D eigenvalue weighted by atomic mass is 11.8. The molecule has 62 valence electrons. The summed E-state index contributed by atoms with van der Waals surface area (Å²) >= 11 is 0. The van der Waals surface area contributed by atoms with Crippen LogP contribution in [0.3, 0.4) is 0 Å². The Hall–Kier alpha value is 0.274. The first-order valence-electron chi connectivity index (χ1n) is 2.98. The summed E-state index contributed by atoms with van der Waals surface area (Å²) in [6.07, 6.45) is 0. The van der Waals surface area contributed by atoms with E-state index in [0.29, 0.717) is 0 Å². The topological polar surface area (TPSA) is 36.9 Å². The van der Waals surface area contributed by atoms with Crippen molar-refractivity contribution in [2.24, 2.45) is 0 Å². The lowest BCUT2D eigenvalue weighted by Gasteiger charge is -2.14. The third kappa shape index (κ3) is 4.15. The van der Waals surface area contributed by atoms with Crippen molar-refractivity contribution in [3.05, 3.63) is 0 Å². The molecule has 0 saturated carbocycles. The van der Waals surface area contributed by atoms with E-state index in [1.165, 1.54) is 0 Å². The van der Waals surface area contributed by atoms with Gasteiger partial charge in [-0.2, -0.15) is 0 Å². The molecule has 0 radical (unpaired) electrons.